The lowest BCUT2D eigenvalue weighted by Crippen LogP contribution is -2.44. The number of aryl methyl sites for hydroxylation is 1. The van der Waals surface area contributed by atoms with Crippen LogP contribution in [0.2, 0.25) is 0 Å². The zero-order chi connectivity index (χ0) is 13.5. The summed E-state index contributed by atoms with van der Waals surface area (Å²) >= 11 is 0. The van der Waals surface area contributed by atoms with E-state index in [1.807, 2.05) is 31.7 Å². The Balaban J connectivity index is 2.50. The first-order valence-electron chi connectivity index (χ1n) is 6.80. The molecule has 1 aromatic heterocycles. The lowest BCUT2D eigenvalue weighted by Gasteiger charge is -2.23. The van der Waals surface area contributed by atoms with Crippen LogP contribution in [-0.4, -0.2) is 34.5 Å². The molecule has 1 N–H and O–H groups in total. The highest BCUT2D eigenvalue weighted by atomic mass is 16.2. The SMILES string of the molecule is CCN(CC)C(=O)C(C)NCc1cccn1CC. The molecule has 0 aliphatic rings. The second-order valence-electron chi connectivity index (χ2n) is 4.40. The summed E-state index contributed by atoms with van der Waals surface area (Å²) in [6.07, 6.45) is 2.06. The molecular weight excluding hydrogens is 226 g/mol. The van der Waals surface area contributed by atoms with Gasteiger partial charge >= 0.3 is 0 Å². The van der Waals surface area contributed by atoms with Crippen LogP contribution in [0.4, 0.5) is 0 Å². The summed E-state index contributed by atoms with van der Waals surface area (Å²) in [5.74, 6) is 0.176. The Kier molecular flexibility index (Phi) is 5.92. The van der Waals surface area contributed by atoms with Gasteiger partial charge in [-0.2, -0.15) is 0 Å². The normalized spacial score (nSPS) is 12.4. The van der Waals surface area contributed by atoms with Crippen molar-refractivity contribution in [2.24, 2.45) is 0 Å². The van der Waals surface area contributed by atoms with Gasteiger partial charge in [0.15, 0.2) is 0 Å². The van der Waals surface area contributed by atoms with Crippen LogP contribution in [0.15, 0.2) is 18.3 Å². The van der Waals surface area contributed by atoms with Crippen LogP contribution in [-0.2, 0) is 17.9 Å². The Morgan fingerprint density at radius 2 is 2.06 bits per heavy atom. The number of hydrogen-bond acceptors (Lipinski definition) is 2. The number of nitrogens with zero attached hydrogens (tertiary/aromatic N) is 2. The first-order chi connectivity index (χ1) is 8.63. The molecule has 4 heteroatoms. The van der Waals surface area contributed by atoms with Crippen LogP contribution in [0.25, 0.3) is 0 Å². The minimum absolute atomic E-state index is 0.134. The number of nitrogens with one attached hydrogen (secondary N) is 1. The van der Waals surface area contributed by atoms with E-state index < -0.39 is 0 Å². The fraction of sp³-hybridized carbons (Fsp3) is 0.643. The molecule has 18 heavy (non-hydrogen) atoms. The molecule has 1 amide bonds. The molecule has 102 valence electrons. The van der Waals surface area contributed by atoms with Gasteiger partial charge in [-0.05, 0) is 39.8 Å². The lowest BCUT2D eigenvalue weighted by atomic mass is 10.2. The molecule has 0 saturated carbocycles. The summed E-state index contributed by atoms with van der Waals surface area (Å²) in [4.78, 5) is 13.9. The van der Waals surface area contributed by atoms with E-state index in [2.05, 4.69) is 29.1 Å². The first kappa shape index (κ1) is 14.8. The number of carbonyl (C=O) groups is 1. The summed E-state index contributed by atoms with van der Waals surface area (Å²) in [6.45, 7) is 11.3. The highest BCUT2D eigenvalue weighted by Gasteiger charge is 2.17. The topological polar surface area (TPSA) is 37.3 Å². The molecule has 0 saturated heterocycles. The van der Waals surface area contributed by atoms with Crippen molar-refractivity contribution in [3.05, 3.63) is 24.0 Å². The number of likely N-dealkylation sites (N-methyl/N-ethyl adjacent to an activating group) is 1. The monoisotopic (exact) mass is 251 g/mol. The summed E-state index contributed by atoms with van der Waals surface area (Å²) < 4.78 is 2.18. The van der Waals surface area contributed by atoms with Gasteiger partial charge in [-0.15, -0.1) is 0 Å². The van der Waals surface area contributed by atoms with Gasteiger partial charge in [0, 0.05) is 38.1 Å². The zero-order valence-electron chi connectivity index (χ0n) is 11.9. The van der Waals surface area contributed by atoms with Crippen molar-refractivity contribution >= 4 is 5.91 Å². The van der Waals surface area contributed by atoms with E-state index in [1.165, 1.54) is 5.69 Å². The summed E-state index contributed by atoms with van der Waals surface area (Å²) in [5, 5.41) is 3.30. The average Bonchev–Trinajstić information content (AvgIpc) is 2.84. The molecule has 0 aliphatic carbocycles. The Morgan fingerprint density at radius 1 is 1.39 bits per heavy atom. The summed E-state index contributed by atoms with van der Waals surface area (Å²) in [6, 6.07) is 3.99. The molecule has 1 heterocycles. The maximum Gasteiger partial charge on any atom is 0.239 e. The van der Waals surface area contributed by atoms with Crippen molar-refractivity contribution in [2.45, 2.75) is 46.8 Å². The highest BCUT2D eigenvalue weighted by Crippen LogP contribution is 2.03. The Morgan fingerprint density at radius 3 is 2.61 bits per heavy atom. The summed E-state index contributed by atoms with van der Waals surface area (Å²) in [7, 11) is 0. The van der Waals surface area contributed by atoms with Crippen molar-refractivity contribution in [1.29, 1.82) is 0 Å². The van der Waals surface area contributed by atoms with Crippen LogP contribution in [0.1, 0.15) is 33.4 Å². The van der Waals surface area contributed by atoms with Gasteiger partial charge in [-0.25, -0.2) is 0 Å². The molecule has 1 atom stereocenters. The van der Waals surface area contributed by atoms with E-state index >= 15 is 0 Å². The second-order valence-corrected chi connectivity index (χ2v) is 4.40. The largest absolute Gasteiger partial charge is 0.351 e. The minimum Gasteiger partial charge on any atom is -0.351 e. The van der Waals surface area contributed by atoms with E-state index in [0.717, 1.165) is 26.2 Å². The molecule has 0 spiro atoms. The predicted molar refractivity (Wildman–Crippen MR) is 74.3 cm³/mol. The van der Waals surface area contributed by atoms with Crippen molar-refractivity contribution in [1.82, 2.24) is 14.8 Å². The number of aromatic nitrogens is 1. The van der Waals surface area contributed by atoms with Gasteiger partial charge in [0.2, 0.25) is 5.91 Å². The van der Waals surface area contributed by atoms with Crippen LogP contribution in [0.5, 0.6) is 0 Å². The molecule has 0 radical (unpaired) electrons. The minimum atomic E-state index is -0.134. The zero-order valence-corrected chi connectivity index (χ0v) is 11.9. The Hall–Kier alpha value is -1.29. The Labute approximate surface area is 110 Å². The molecule has 0 fully saturated rings. The standard InChI is InChI=1S/C14H25N3O/c1-5-16(6-2)14(18)12(4)15-11-13-9-8-10-17(13)7-3/h8-10,12,15H,5-7,11H2,1-4H3. The third-order valence-electron chi connectivity index (χ3n) is 3.30. The van der Waals surface area contributed by atoms with Crippen molar-refractivity contribution < 1.29 is 4.79 Å². The maximum absolute atomic E-state index is 12.1. The third kappa shape index (κ3) is 3.60. The van der Waals surface area contributed by atoms with E-state index in [-0.39, 0.29) is 11.9 Å². The van der Waals surface area contributed by atoms with E-state index in [4.69, 9.17) is 0 Å². The van der Waals surface area contributed by atoms with Gasteiger partial charge in [0.25, 0.3) is 0 Å². The molecular formula is C14H25N3O. The molecule has 0 bridgehead atoms. The molecule has 1 unspecified atom stereocenters. The second kappa shape index (κ2) is 7.21. The van der Waals surface area contributed by atoms with E-state index in [1.54, 1.807) is 0 Å². The lowest BCUT2D eigenvalue weighted by molar-refractivity contribution is -0.132. The molecule has 1 rings (SSSR count). The van der Waals surface area contributed by atoms with Crippen LogP contribution >= 0.6 is 0 Å². The molecule has 1 aromatic rings. The van der Waals surface area contributed by atoms with E-state index in [0.29, 0.717) is 0 Å². The third-order valence-corrected chi connectivity index (χ3v) is 3.30. The predicted octanol–water partition coefficient (Wildman–Crippen LogP) is 1.85. The number of rotatable bonds is 7. The van der Waals surface area contributed by atoms with Crippen LogP contribution in [0.3, 0.4) is 0 Å². The van der Waals surface area contributed by atoms with Gasteiger partial charge in [-0.3, -0.25) is 4.79 Å². The van der Waals surface area contributed by atoms with Gasteiger partial charge in [0.05, 0.1) is 6.04 Å². The smallest absolute Gasteiger partial charge is 0.239 e. The molecule has 4 nitrogen and oxygen atoms in total. The van der Waals surface area contributed by atoms with Crippen LogP contribution < -0.4 is 5.32 Å². The van der Waals surface area contributed by atoms with Gasteiger partial charge in [0.1, 0.15) is 0 Å². The number of hydrogen-bond donors (Lipinski definition) is 1. The maximum atomic E-state index is 12.1. The quantitative estimate of drug-likeness (QED) is 0.803. The number of amides is 1. The average molecular weight is 251 g/mol. The van der Waals surface area contributed by atoms with Crippen LogP contribution in [0, 0.1) is 0 Å². The highest BCUT2D eigenvalue weighted by molar-refractivity contribution is 5.81. The Bertz CT molecular complexity index is 369. The first-order valence-corrected chi connectivity index (χ1v) is 6.80. The van der Waals surface area contributed by atoms with E-state index in [9.17, 15) is 4.79 Å². The van der Waals surface area contributed by atoms with Crippen molar-refractivity contribution in [3.63, 3.8) is 0 Å². The fourth-order valence-corrected chi connectivity index (χ4v) is 2.07. The fourth-order valence-electron chi connectivity index (χ4n) is 2.07. The van der Waals surface area contributed by atoms with Crippen molar-refractivity contribution in [3.8, 4) is 0 Å². The van der Waals surface area contributed by atoms with Crippen molar-refractivity contribution in [2.75, 3.05) is 13.1 Å². The molecule has 0 aliphatic heterocycles. The summed E-state index contributed by atoms with van der Waals surface area (Å²) in [5.41, 5.74) is 1.22. The number of carbonyl (C=O) groups excluding carboxylic acids is 1. The molecule has 0 aromatic carbocycles. The van der Waals surface area contributed by atoms with Gasteiger partial charge in [-0.1, -0.05) is 0 Å². The van der Waals surface area contributed by atoms with Gasteiger partial charge < -0.3 is 14.8 Å².